The summed E-state index contributed by atoms with van der Waals surface area (Å²) in [6.45, 7) is 3.53. The number of rotatable bonds is 2. The van der Waals surface area contributed by atoms with E-state index < -0.39 is 0 Å². The molecule has 2 aliphatic heterocycles. The molecule has 2 unspecified atom stereocenters. The van der Waals surface area contributed by atoms with Gasteiger partial charge in [0.25, 0.3) is 0 Å². The summed E-state index contributed by atoms with van der Waals surface area (Å²) >= 11 is 5.83. The first-order valence-electron chi connectivity index (χ1n) is 6.53. The molecule has 2 fully saturated rings. The Balaban J connectivity index is 0.00000133. The van der Waals surface area contributed by atoms with Crippen LogP contribution in [0.15, 0.2) is 29.4 Å². The second-order valence-electron chi connectivity index (χ2n) is 5.02. The van der Waals surface area contributed by atoms with Gasteiger partial charge in [-0.2, -0.15) is 0 Å². The van der Waals surface area contributed by atoms with Crippen molar-refractivity contribution in [1.82, 2.24) is 4.90 Å². The van der Waals surface area contributed by atoms with E-state index in [0.29, 0.717) is 5.92 Å². The highest BCUT2D eigenvalue weighted by Crippen LogP contribution is 2.25. The zero-order chi connectivity index (χ0) is 12.4. The van der Waals surface area contributed by atoms with Crippen molar-refractivity contribution in [2.45, 2.75) is 26.7 Å². The molecule has 19 heavy (non-hydrogen) atoms. The van der Waals surface area contributed by atoms with E-state index in [0.717, 1.165) is 30.3 Å². The summed E-state index contributed by atoms with van der Waals surface area (Å²) < 4.78 is 0. The van der Waals surface area contributed by atoms with Gasteiger partial charge in [-0.1, -0.05) is 24.2 Å². The Labute approximate surface area is 120 Å². The molecule has 3 nitrogen and oxygen atoms in total. The third-order valence-corrected chi connectivity index (χ3v) is 3.99. The van der Waals surface area contributed by atoms with Crippen LogP contribution in [0.1, 0.15) is 26.7 Å². The third kappa shape index (κ3) is 3.48. The van der Waals surface area contributed by atoms with E-state index in [9.17, 15) is 0 Å². The Morgan fingerprint density at radius 1 is 1.21 bits per heavy atom. The number of nitrogens with zero attached hydrogens (tertiary/aromatic N) is 2. The second kappa shape index (κ2) is 6.40. The molecular weight excluding hydrogens is 260 g/mol. The fourth-order valence-electron chi connectivity index (χ4n) is 2.73. The average Bonchev–Trinajstić information content (AvgIpc) is 2.40. The molecule has 0 aliphatic carbocycles. The van der Waals surface area contributed by atoms with Crippen molar-refractivity contribution < 1.29 is 4.84 Å². The third-order valence-electron chi connectivity index (χ3n) is 3.74. The predicted molar refractivity (Wildman–Crippen MR) is 80.0 cm³/mol. The molecule has 4 heteroatoms. The zero-order valence-corrected chi connectivity index (χ0v) is 11.1. The van der Waals surface area contributed by atoms with Crippen molar-refractivity contribution in [3.63, 3.8) is 0 Å². The molecule has 2 bridgehead atoms. The molecule has 0 radical (unpaired) electrons. The Morgan fingerprint density at radius 3 is 2.79 bits per heavy atom. The lowest BCUT2D eigenvalue weighted by molar-refractivity contribution is 0.184. The van der Waals surface area contributed by atoms with Crippen LogP contribution < -0.4 is 4.84 Å². The van der Waals surface area contributed by atoms with Crippen LogP contribution in [0.5, 0.6) is 5.75 Å². The Bertz CT molecular complexity index is 444. The first-order chi connectivity index (χ1) is 8.81. The molecule has 104 valence electrons. The van der Waals surface area contributed by atoms with E-state index in [-0.39, 0.29) is 7.43 Å². The Kier molecular flexibility index (Phi) is 4.83. The fourth-order valence-corrected chi connectivity index (χ4v) is 2.86. The number of piperidine rings is 2. The number of hydrogen-bond acceptors (Lipinski definition) is 3. The van der Waals surface area contributed by atoms with Crippen LogP contribution in [-0.4, -0.2) is 30.2 Å². The van der Waals surface area contributed by atoms with Crippen LogP contribution in [0, 0.1) is 5.92 Å². The minimum Gasteiger partial charge on any atom is -0.357 e. The van der Waals surface area contributed by atoms with Crippen molar-refractivity contribution in [2.75, 3.05) is 19.6 Å². The van der Waals surface area contributed by atoms with E-state index in [1.165, 1.54) is 25.1 Å². The molecular formula is C15H21ClN2O. The van der Waals surface area contributed by atoms with E-state index >= 15 is 0 Å². The molecule has 0 amide bonds. The normalized spacial score (nSPS) is 27.7. The topological polar surface area (TPSA) is 24.8 Å². The molecule has 0 aromatic heterocycles. The highest BCUT2D eigenvalue weighted by molar-refractivity contribution is 6.30. The second-order valence-corrected chi connectivity index (χ2v) is 5.45. The van der Waals surface area contributed by atoms with Crippen LogP contribution in [-0.2, 0) is 0 Å². The van der Waals surface area contributed by atoms with Crippen LogP contribution in [0.25, 0.3) is 0 Å². The van der Waals surface area contributed by atoms with Crippen molar-refractivity contribution in [1.29, 1.82) is 0 Å². The van der Waals surface area contributed by atoms with Crippen molar-refractivity contribution in [2.24, 2.45) is 11.1 Å². The summed E-state index contributed by atoms with van der Waals surface area (Å²) in [4.78, 5) is 8.03. The molecule has 2 heterocycles. The molecule has 3 rings (SSSR count). The smallest absolute Gasteiger partial charge is 0.158 e. The SMILES string of the molecule is C.Clc1ccc(ON=C2CCN3CCCC2C3)cc1. The van der Waals surface area contributed by atoms with Gasteiger partial charge in [0.05, 0.1) is 5.71 Å². The van der Waals surface area contributed by atoms with Gasteiger partial charge >= 0.3 is 0 Å². The summed E-state index contributed by atoms with van der Waals surface area (Å²) in [6.07, 6.45) is 3.57. The molecule has 0 saturated carbocycles. The summed E-state index contributed by atoms with van der Waals surface area (Å²) in [6, 6.07) is 7.34. The van der Waals surface area contributed by atoms with Gasteiger partial charge in [0.2, 0.25) is 0 Å². The largest absolute Gasteiger partial charge is 0.357 e. The van der Waals surface area contributed by atoms with Gasteiger partial charge in [-0.3, -0.25) is 0 Å². The quantitative estimate of drug-likeness (QED) is 0.769. The van der Waals surface area contributed by atoms with E-state index in [1.807, 2.05) is 24.3 Å². The molecule has 1 aromatic carbocycles. The standard InChI is InChI=1S/C14H17ClN2O.CH4/c15-12-3-5-13(6-4-12)18-16-14-7-9-17-8-1-2-11(14)10-17;/h3-6,11H,1-2,7-10H2;1H4. The molecule has 0 N–H and O–H groups in total. The van der Waals surface area contributed by atoms with Crippen molar-refractivity contribution in [3.8, 4) is 5.75 Å². The van der Waals surface area contributed by atoms with E-state index in [4.69, 9.17) is 16.4 Å². The van der Waals surface area contributed by atoms with E-state index in [2.05, 4.69) is 10.1 Å². The van der Waals surface area contributed by atoms with Gasteiger partial charge in [0, 0.05) is 30.5 Å². The molecule has 2 atom stereocenters. The van der Waals surface area contributed by atoms with Crippen LogP contribution >= 0.6 is 11.6 Å². The molecule has 2 aliphatic rings. The summed E-state index contributed by atoms with van der Waals surface area (Å²) in [7, 11) is 0. The average molecular weight is 281 g/mol. The van der Waals surface area contributed by atoms with Crippen LogP contribution in [0.3, 0.4) is 0 Å². The van der Waals surface area contributed by atoms with Gasteiger partial charge in [0.15, 0.2) is 5.75 Å². The highest BCUT2D eigenvalue weighted by Gasteiger charge is 2.29. The maximum absolute atomic E-state index is 5.83. The van der Waals surface area contributed by atoms with Crippen LogP contribution in [0.2, 0.25) is 5.02 Å². The number of oxime groups is 1. The van der Waals surface area contributed by atoms with Gasteiger partial charge in [-0.05, 0) is 43.7 Å². The fraction of sp³-hybridized carbons (Fsp3) is 0.533. The van der Waals surface area contributed by atoms with Gasteiger partial charge in [0.1, 0.15) is 0 Å². The lowest BCUT2D eigenvalue weighted by atomic mass is 9.88. The minimum absolute atomic E-state index is 0. The van der Waals surface area contributed by atoms with Gasteiger partial charge in [-0.25, -0.2) is 0 Å². The number of benzene rings is 1. The number of halogens is 1. The lowest BCUT2D eigenvalue weighted by Gasteiger charge is -2.37. The Hall–Kier alpha value is -1.06. The van der Waals surface area contributed by atoms with Crippen molar-refractivity contribution in [3.05, 3.63) is 29.3 Å². The maximum atomic E-state index is 5.83. The molecule has 0 spiro atoms. The van der Waals surface area contributed by atoms with Gasteiger partial charge in [-0.15, -0.1) is 0 Å². The maximum Gasteiger partial charge on any atom is 0.158 e. The van der Waals surface area contributed by atoms with Crippen molar-refractivity contribution >= 4 is 17.3 Å². The predicted octanol–water partition coefficient (Wildman–Crippen LogP) is 3.83. The summed E-state index contributed by atoms with van der Waals surface area (Å²) in [5.74, 6) is 1.35. The lowest BCUT2D eigenvalue weighted by Crippen LogP contribution is -2.45. The Morgan fingerprint density at radius 2 is 2.00 bits per heavy atom. The van der Waals surface area contributed by atoms with Gasteiger partial charge < -0.3 is 9.74 Å². The highest BCUT2D eigenvalue weighted by atomic mass is 35.5. The number of hydrogen-bond donors (Lipinski definition) is 0. The van der Waals surface area contributed by atoms with E-state index in [1.54, 1.807) is 0 Å². The first kappa shape index (κ1) is 14.4. The molecule has 1 aromatic rings. The number of fused-ring (bicyclic) bond motifs is 2. The molecule has 2 saturated heterocycles. The monoisotopic (exact) mass is 280 g/mol. The first-order valence-corrected chi connectivity index (χ1v) is 6.91. The minimum atomic E-state index is 0. The summed E-state index contributed by atoms with van der Waals surface area (Å²) in [5, 5.41) is 5.07. The zero-order valence-electron chi connectivity index (χ0n) is 10.3. The summed E-state index contributed by atoms with van der Waals surface area (Å²) in [5.41, 5.74) is 1.22. The van der Waals surface area contributed by atoms with Crippen LogP contribution in [0.4, 0.5) is 0 Å².